The highest BCUT2D eigenvalue weighted by Gasteiger charge is 2.15. The molecule has 2 heterocycles. The van der Waals surface area contributed by atoms with Gasteiger partial charge >= 0.3 is 0 Å². The molecule has 3 rings (SSSR count). The van der Waals surface area contributed by atoms with Crippen LogP contribution in [0, 0.1) is 3.57 Å². The van der Waals surface area contributed by atoms with Crippen molar-refractivity contribution >= 4 is 46.1 Å². The lowest BCUT2D eigenvalue weighted by atomic mass is 10.3. The molecule has 1 aromatic heterocycles. The van der Waals surface area contributed by atoms with Crippen LogP contribution in [0.15, 0.2) is 24.3 Å². The maximum absolute atomic E-state index is 5.78. The highest BCUT2D eigenvalue weighted by Crippen LogP contribution is 2.18. The number of anilines is 4. The largest absolute Gasteiger partial charge is 0.378 e. The first-order chi connectivity index (χ1) is 10.2. The van der Waals surface area contributed by atoms with Crippen LogP contribution in [0.25, 0.3) is 0 Å². The molecular formula is C13H15IN6O. The number of nitrogen functional groups attached to an aromatic ring is 1. The zero-order chi connectivity index (χ0) is 14.7. The summed E-state index contributed by atoms with van der Waals surface area (Å²) in [6.45, 7) is 2.86. The maximum atomic E-state index is 5.78. The van der Waals surface area contributed by atoms with Gasteiger partial charge in [0.05, 0.1) is 13.2 Å². The predicted octanol–water partition coefficient (Wildman–Crippen LogP) is 1.64. The van der Waals surface area contributed by atoms with Crippen molar-refractivity contribution in [2.75, 3.05) is 42.3 Å². The minimum Gasteiger partial charge on any atom is -0.378 e. The summed E-state index contributed by atoms with van der Waals surface area (Å²) in [5.74, 6) is 1.24. The van der Waals surface area contributed by atoms with E-state index < -0.39 is 0 Å². The summed E-state index contributed by atoms with van der Waals surface area (Å²) in [7, 11) is 0. The molecule has 1 aliphatic rings. The van der Waals surface area contributed by atoms with Gasteiger partial charge in [0.1, 0.15) is 0 Å². The number of hydrogen-bond acceptors (Lipinski definition) is 7. The minimum atomic E-state index is 0.208. The number of aromatic nitrogens is 3. The molecule has 0 amide bonds. The second kappa shape index (κ2) is 6.39. The molecule has 0 spiro atoms. The van der Waals surface area contributed by atoms with Crippen LogP contribution in [0.3, 0.4) is 0 Å². The van der Waals surface area contributed by atoms with E-state index in [4.69, 9.17) is 10.5 Å². The van der Waals surface area contributed by atoms with Crippen molar-refractivity contribution in [2.45, 2.75) is 0 Å². The van der Waals surface area contributed by atoms with Gasteiger partial charge in [-0.2, -0.15) is 15.0 Å². The van der Waals surface area contributed by atoms with E-state index in [1.165, 1.54) is 3.57 Å². The number of nitrogens with two attached hydrogens (primary N) is 1. The zero-order valence-electron chi connectivity index (χ0n) is 11.3. The smallest absolute Gasteiger partial charge is 0.233 e. The summed E-state index contributed by atoms with van der Waals surface area (Å²) in [6, 6.07) is 7.96. The highest BCUT2D eigenvalue weighted by atomic mass is 127. The van der Waals surface area contributed by atoms with Gasteiger partial charge in [-0.3, -0.25) is 0 Å². The SMILES string of the molecule is Nc1nc(Nc2ccc(I)cc2)nc(N2CCOCC2)n1. The minimum absolute atomic E-state index is 0.208. The van der Waals surface area contributed by atoms with E-state index in [-0.39, 0.29) is 5.95 Å². The lowest BCUT2D eigenvalue weighted by Crippen LogP contribution is -2.37. The third-order valence-corrected chi connectivity index (χ3v) is 3.75. The molecule has 0 saturated carbocycles. The molecule has 3 N–H and O–H groups in total. The Balaban J connectivity index is 1.81. The molecule has 1 aliphatic heterocycles. The Morgan fingerprint density at radius 1 is 1.10 bits per heavy atom. The topological polar surface area (TPSA) is 89.2 Å². The van der Waals surface area contributed by atoms with Gasteiger partial charge in [0.2, 0.25) is 17.8 Å². The summed E-state index contributed by atoms with van der Waals surface area (Å²) in [6.07, 6.45) is 0. The summed E-state index contributed by atoms with van der Waals surface area (Å²) in [5, 5.41) is 3.15. The maximum Gasteiger partial charge on any atom is 0.233 e. The number of halogens is 1. The van der Waals surface area contributed by atoms with Gasteiger partial charge in [-0.15, -0.1) is 0 Å². The first-order valence-electron chi connectivity index (χ1n) is 6.57. The molecule has 1 aromatic carbocycles. The van der Waals surface area contributed by atoms with E-state index in [9.17, 15) is 0 Å². The Bertz CT molecular complexity index is 615. The first-order valence-corrected chi connectivity index (χ1v) is 7.65. The van der Waals surface area contributed by atoms with Gasteiger partial charge in [0, 0.05) is 22.3 Å². The van der Waals surface area contributed by atoms with Gasteiger partial charge in [0.25, 0.3) is 0 Å². The number of morpholine rings is 1. The number of benzene rings is 1. The molecule has 0 bridgehead atoms. The Labute approximate surface area is 136 Å². The van der Waals surface area contributed by atoms with Crippen molar-refractivity contribution < 1.29 is 4.74 Å². The fourth-order valence-electron chi connectivity index (χ4n) is 2.00. The second-order valence-electron chi connectivity index (χ2n) is 4.55. The summed E-state index contributed by atoms with van der Waals surface area (Å²) in [5.41, 5.74) is 6.69. The molecule has 1 fully saturated rings. The van der Waals surface area contributed by atoms with E-state index in [0.29, 0.717) is 25.1 Å². The molecule has 2 aromatic rings. The summed E-state index contributed by atoms with van der Waals surface area (Å²) >= 11 is 2.26. The molecule has 0 radical (unpaired) electrons. The summed E-state index contributed by atoms with van der Waals surface area (Å²) < 4.78 is 6.50. The Morgan fingerprint density at radius 3 is 2.52 bits per heavy atom. The fourth-order valence-corrected chi connectivity index (χ4v) is 2.36. The van der Waals surface area contributed by atoms with Crippen LogP contribution in [0.5, 0.6) is 0 Å². The third-order valence-electron chi connectivity index (χ3n) is 3.04. The van der Waals surface area contributed by atoms with E-state index in [2.05, 4.69) is 42.9 Å². The Morgan fingerprint density at radius 2 is 1.81 bits per heavy atom. The van der Waals surface area contributed by atoms with Gasteiger partial charge in [0.15, 0.2) is 0 Å². The number of nitrogens with one attached hydrogen (secondary N) is 1. The molecule has 110 valence electrons. The van der Waals surface area contributed by atoms with Crippen molar-refractivity contribution in [3.63, 3.8) is 0 Å². The molecule has 7 nitrogen and oxygen atoms in total. The Kier molecular flexibility index (Phi) is 4.34. The molecule has 8 heteroatoms. The van der Waals surface area contributed by atoms with Crippen LogP contribution in [0.1, 0.15) is 0 Å². The quantitative estimate of drug-likeness (QED) is 0.760. The van der Waals surface area contributed by atoms with E-state index in [1.54, 1.807) is 0 Å². The van der Waals surface area contributed by atoms with Crippen molar-refractivity contribution in [1.29, 1.82) is 0 Å². The second-order valence-corrected chi connectivity index (χ2v) is 5.79. The Hall–Kier alpha value is -1.68. The van der Waals surface area contributed by atoms with E-state index in [1.807, 2.05) is 29.2 Å². The van der Waals surface area contributed by atoms with Gasteiger partial charge < -0.3 is 20.7 Å². The number of ether oxygens (including phenoxy) is 1. The standard InChI is InChI=1S/C13H15IN6O/c14-9-1-3-10(4-2-9)16-12-17-11(15)18-13(19-12)20-5-7-21-8-6-20/h1-4H,5-8H2,(H3,15,16,17,18,19). The van der Waals surface area contributed by atoms with Crippen LogP contribution < -0.4 is 16.0 Å². The van der Waals surface area contributed by atoms with Gasteiger partial charge in [-0.1, -0.05) is 0 Å². The fraction of sp³-hybridized carbons (Fsp3) is 0.308. The van der Waals surface area contributed by atoms with Crippen LogP contribution in [0.2, 0.25) is 0 Å². The van der Waals surface area contributed by atoms with Gasteiger partial charge in [-0.25, -0.2) is 0 Å². The molecule has 21 heavy (non-hydrogen) atoms. The monoisotopic (exact) mass is 398 g/mol. The van der Waals surface area contributed by atoms with E-state index >= 15 is 0 Å². The third kappa shape index (κ3) is 3.70. The van der Waals surface area contributed by atoms with Crippen molar-refractivity contribution in [3.05, 3.63) is 27.8 Å². The zero-order valence-corrected chi connectivity index (χ0v) is 13.4. The molecule has 1 saturated heterocycles. The molecule has 0 aliphatic carbocycles. The lowest BCUT2D eigenvalue weighted by molar-refractivity contribution is 0.122. The van der Waals surface area contributed by atoms with Crippen LogP contribution >= 0.6 is 22.6 Å². The number of hydrogen-bond donors (Lipinski definition) is 2. The van der Waals surface area contributed by atoms with Crippen LogP contribution in [-0.4, -0.2) is 41.3 Å². The van der Waals surface area contributed by atoms with E-state index in [0.717, 1.165) is 18.8 Å². The first kappa shape index (κ1) is 14.3. The average molecular weight is 398 g/mol. The molecule has 0 unspecified atom stereocenters. The lowest BCUT2D eigenvalue weighted by Gasteiger charge is -2.26. The van der Waals surface area contributed by atoms with Crippen molar-refractivity contribution in [3.8, 4) is 0 Å². The van der Waals surface area contributed by atoms with Crippen LogP contribution in [-0.2, 0) is 4.74 Å². The summed E-state index contributed by atoms with van der Waals surface area (Å²) in [4.78, 5) is 14.8. The van der Waals surface area contributed by atoms with Crippen LogP contribution in [0.4, 0.5) is 23.5 Å². The highest BCUT2D eigenvalue weighted by molar-refractivity contribution is 14.1. The van der Waals surface area contributed by atoms with Crippen molar-refractivity contribution in [2.24, 2.45) is 0 Å². The van der Waals surface area contributed by atoms with Crippen molar-refractivity contribution in [1.82, 2.24) is 15.0 Å². The molecular weight excluding hydrogens is 383 g/mol. The normalized spacial score (nSPS) is 15.0. The number of rotatable bonds is 3. The van der Waals surface area contributed by atoms with Gasteiger partial charge in [-0.05, 0) is 46.9 Å². The number of nitrogens with zero attached hydrogens (tertiary/aromatic N) is 4. The molecule has 0 atom stereocenters. The average Bonchev–Trinajstić information content (AvgIpc) is 2.50. The predicted molar refractivity (Wildman–Crippen MR) is 89.7 cm³/mol.